The zero-order valence-electron chi connectivity index (χ0n) is 12.4. The van der Waals surface area contributed by atoms with Gasteiger partial charge in [-0.15, -0.1) is 11.3 Å². The fraction of sp³-hybridized carbons (Fsp3) is 0. The first-order valence-corrected chi connectivity index (χ1v) is 12.8. The summed E-state index contributed by atoms with van der Waals surface area (Å²) in [6, 6.07) is 15.7. The highest BCUT2D eigenvalue weighted by atomic mass is 127. The number of benzene rings is 2. The molecule has 0 N–H and O–H groups in total. The molecule has 130 valence electrons. The molecule has 0 radical (unpaired) electrons. The Morgan fingerprint density at radius 2 is 0.920 bits per heavy atom. The van der Waals surface area contributed by atoms with Gasteiger partial charge in [0.2, 0.25) is 19.7 Å². The molecule has 0 spiro atoms. The Morgan fingerprint density at radius 1 is 0.600 bits per heavy atom. The van der Waals surface area contributed by atoms with Gasteiger partial charge in [-0.25, -0.2) is 16.8 Å². The van der Waals surface area contributed by atoms with Gasteiger partial charge in [-0.1, -0.05) is 36.4 Å². The molecule has 3 rings (SSSR count). The Balaban J connectivity index is 2.32. The molecule has 2 aromatic carbocycles. The van der Waals surface area contributed by atoms with Crippen LogP contribution < -0.4 is 0 Å². The summed E-state index contributed by atoms with van der Waals surface area (Å²) in [7, 11) is -7.90. The molecule has 4 nitrogen and oxygen atoms in total. The topological polar surface area (TPSA) is 68.3 Å². The van der Waals surface area contributed by atoms with Crippen molar-refractivity contribution in [1.82, 2.24) is 0 Å². The number of sulfone groups is 2. The molecule has 0 unspecified atom stereocenters. The maximum atomic E-state index is 13.1. The molecule has 0 amide bonds. The van der Waals surface area contributed by atoms with Crippen molar-refractivity contribution in [2.75, 3.05) is 0 Å². The van der Waals surface area contributed by atoms with Crippen LogP contribution in [0.2, 0.25) is 0 Å². The van der Waals surface area contributed by atoms with E-state index in [1.165, 1.54) is 24.3 Å². The van der Waals surface area contributed by atoms with E-state index < -0.39 is 19.7 Å². The largest absolute Gasteiger partial charge is 0.218 e. The Labute approximate surface area is 177 Å². The van der Waals surface area contributed by atoms with E-state index in [4.69, 9.17) is 0 Å². The third-order valence-corrected chi connectivity index (χ3v) is 11.4. The Hall–Kier alpha value is -0.500. The molecule has 1 aromatic heterocycles. The molecule has 0 aliphatic rings. The zero-order valence-corrected chi connectivity index (χ0v) is 19.2. The highest BCUT2D eigenvalue weighted by molar-refractivity contribution is 14.1. The van der Waals surface area contributed by atoms with Crippen molar-refractivity contribution in [2.45, 2.75) is 19.6 Å². The van der Waals surface area contributed by atoms with Gasteiger partial charge in [0.1, 0.15) is 9.79 Å². The maximum Gasteiger partial charge on any atom is 0.209 e. The lowest BCUT2D eigenvalue weighted by atomic mass is 10.4. The lowest BCUT2D eigenvalue weighted by Crippen LogP contribution is -2.10. The second-order valence-corrected chi connectivity index (χ2v) is 13.4. The minimum absolute atomic E-state index is 0.0756. The Kier molecular flexibility index (Phi) is 5.59. The lowest BCUT2D eigenvalue weighted by molar-refractivity contribution is 0.582. The van der Waals surface area contributed by atoms with Crippen LogP contribution in [0.1, 0.15) is 0 Å². The van der Waals surface area contributed by atoms with Crippen molar-refractivity contribution in [2.24, 2.45) is 0 Å². The molecule has 0 fully saturated rings. The molecule has 25 heavy (non-hydrogen) atoms. The first kappa shape index (κ1) is 19.3. The van der Waals surface area contributed by atoms with Crippen LogP contribution in [-0.2, 0) is 19.7 Å². The van der Waals surface area contributed by atoms with E-state index in [0.717, 1.165) is 11.3 Å². The normalized spacial score (nSPS) is 12.2. The standard InChI is InChI=1S/C16H10I2O4S3/c17-15-13(24(19,20)11-7-3-1-4-8-11)14(16(18)23-15)25(21,22)12-9-5-2-6-10-12/h1-10H. The van der Waals surface area contributed by atoms with Gasteiger partial charge in [-0.05, 0) is 69.4 Å². The predicted molar refractivity (Wildman–Crippen MR) is 114 cm³/mol. The smallest absolute Gasteiger partial charge is 0.209 e. The SMILES string of the molecule is O=S(=O)(c1ccccc1)c1c(I)sc(I)c1S(=O)(=O)c1ccccc1. The summed E-state index contributed by atoms with van der Waals surface area (Å²) >= 11 is 4.93. The van der Waals surface area contributed by atoms with Crippen molar-refractivity contribution in [3.05, 3.63) is 66.4 Å². The lowest BCUT2D eigenvalue weighted by Gasteiger charge is -2.09. The average Bonchev–Trinajstić information content (AvgIpc) is 2.92. The summed E-state index contributed by atoms with van der Waals surface area (Å²) in [5, 5.41) is 0. The van der Waals surface area contributed by atoms with Crippen molar-refractivity contribution in [3.63, 3.8) is 0 Å². The van der Waals surface area contributed by atoms with Crippen molar-refractivity contribution in [3.8, 4) is 0 Å². The molecule has 9 heteroatoms. The van der Waals surface area contributed by atoms with E-state index in [-0.39, 0.29) is 19.6 Å². The van der Waals surface area contributed by atoms with Gasteiger partial charge in [0.25, 0.3) is 0 Å². The highest BCUT2D eigenvalue weighted by Crippen LogP contribution is 2.42. The van der Waals surface area contributed by atoms with E-state index in [9.17, 15) is 16.8 Å². The van der Waals surface area contributed by atoms with Crippen molar-refractivity contribution >= 4 is 76.2 Å². The molecule has 0 bridgehead atoms. The first-order chi connectivity index (χ1) is 11.8. The Morgan fingerprint density at radius 3 is 1.24 bits per heavy atom. The van der Waals surface area contributed by atoms with E-state index in [0.29, 0.717) is 5.77 Å². The fourth-order valence-corrected chi connectivity index (χ4v) is 12.3. The molecular weight excluding hydrogens is 606 g/mol. The monoisotopic (exact) mass is 616 g/mol. The van der Waals surface area contributed by atoms with Crippen molar-refractivity contribution < 1.29 is 16.8 Å². The van der Waals surface area contributed by atoms with Gasteiger partial charge in [0.05, 0.1) is 15.6 Å². The summed E-state index contributed by atoms with van der Waals surface area (Å²) in [6.45, 7) is 0. The quantitative estimate of drug-likeness (QED) is 0.402. The Bertz CT molecular complexity index is 1030. The second-order valence-electron chi connectivity index (χ2n) is 4.94. The summed E-state index contributed by atoms with van der Waals surface area (Å²) in [6.07, 6.45) is 0. The number of hydrogen-bond acceptors (Lipinski definition) is 5. The predicted octanol–water partition coefficient (Wildman–Crippen LogP) is 4.62. The summed E-state index contributed by atoms with van der Waals surface area (Å²) in [4.78, 5) is -0.131. The van der Waals surface area contributed by atoms with Crippen LogP contribution in [0.25, 0.3) is 0 Å². The fourth-order valence-electron chi connectivity index (χ4n) is 2.24. The van der Waals surface area contributed by atoms with Gasteiger partial charge in [-0.2, -0.15) is 0 Å². The summed E-state index contributed by atoms with van der Waals surface area (Å²) < 4.78 is 53.3. The zero-order chi connectivity index (χ0) is 18.2. The molecule has 0 aliphatic heterocycles. The van der Waals surface area contributed by atoms with Gasteiger partial charge in [0.15, 0.2) is 0 Å². The average molecular weight is 616 g/mol. The van der Waals surface area contributed by atoms with Crippen LogP contribution in [0.15, 0.2) is 80.2 Å². The number of halogens is 2. The van der Waals surface area contributed by atoms with Crippen LogP contribution in [0.4, 0.5) is 0 Å². The minimum Gasteiger partial charge on any atom is -0.218 e. The van der Waals surface area contributed by atoms with Gasteiger partial charge < -0.3 is 0 Å². The number of rotatable bonds is 4. The third kappa shape index (κ3) is 3.53. The van der Waals surface area contributed by atoms with Gasteiger partial charge >= 0.3 is 0 Å². The minimum atomic E-state index is -3.95. The molecule has 1 heterocycles. The maximum absolute atomic E-state index is 13.1. The second kappa shape index (κ2) is 7.25. The molecule has 3 aromatic rings. The summed E-state index contributed by atoms with van der Waals surface area (Å²) in [5.74, 6) is 0. The van der Waals surface area contributed by atoms with Crippen LogP contribution >= 0.6 is 56.5 Å². The molecular formula is C16H10I2O4S3. The molecule has 0 saturated carbocycles. The molecule has 0 aliphatic carbocycles. The van der Waals surface area contributed by atoms with Crippen LogP contribution in [0.5, 0.6) is 0 Å². The van der Waals surface area contributed by atoms with Crippen LogP contribution in [0.3, 0.4) is 0 Å². The van der Waals surface area contributed by atoms with Crippen molar-refractivity contribution in [1.29, 1.82) is 0 Å². The number of thiophene rings is 1. The van der Waals surface area contributed by atoms with Gasteiger partial charge in [0, 0.05) is 0 Å². The first-order valence-electron chi connectivity index (χ1n) is 6.84. The molecule has 0 saturated heterocycles. The van der Waals surface area contributed by atoms with Crippen LogP contribution in [0, 0.1) is 5.77 Å². The van der Waals surface area contributed by atoms with E-state index in [1.807, 2.05) is 45.2 Å². The van der Waals surface area contributed by atoms with E-state index in [1.54, 1.807) is 36.4 Å². The van der Waals surface area contributed by atoms with Crippen LogP contribution in [-0.4, -0.2) is 16.8 Å². The van der Waals surface area contributed by atoms with Gasteiger partial charge in [-0.3, -0.25) is 0 Å². The molecule has 0 atom stereocenters. The van der Waals surface area contributed by atoms with E-state index in [2.05, 4.69) is 0 Å². The third-order valence-electron chi connectivity index (χ3n) is 3.39. The van der Waals surface area contributed by atoms with E-state index >= 15 is 0 Å². The highest BCUT2D eigenvalue weighted by Gasteiger charge is 2.35. The number of hydrogen-bond donors (Lipinski definition) is 0. The summed E-state index contributed by atoms with van der Waals surface area (Å²) in [5.41, 5.74) is 0.